The molecule has 3 heterocycles. The van der Waals surface area contributed by atoms with Gasteiger partial charge in [-0.15, -0.1) is 5.10 Å². The van der Waals surface area contributed by atoms with Crippen LogP contribution in [-0.4, -0.2) is 39.0 Å². The Balaban J connectivity index is 1.63. The number of aromatic nitrogens is 4. The molecule has 0 saturated carbocycles. The van der Waals surface area contributed by atoms with Crippen LogP contribution >= 0.6 is 0 Å². The Morgan fingerprint density at radius 3 is 2.77 bits per heavy atom. The topological polar surface area (TPSA) is 90.9 Å². The molecule has 0 amide bonds. The first-order valence-corrected chi connectivity index (χ1v) is 10.2. The van der Waals surface area contributed by atoms with E-state index in [1.165, 1.54) is 0 Å². The average Bonchev–Trinajstić information content (AvgIpc) is 3.40. The molecule has 152 valence electrons. The van der Waals surface area contributed by atoms with Gasteiger partial charge in [0.05, 0.1) is 22.9 Å². The van der Waals surface area contributed by atoms with E-state index in [1.807, 2.05) is 55.5 Å². The average molecular weight is 400 g/mol. The van der Waals surface area contributed by atoms with E-state index in [-0.39, 0.29) is 6.10 Å². The molecule has 1 saturated heterocycles. The molecule has 0 aliphatic carbocycles. The molecule has 1 aliphatic rings. The Kier molecular flexibility index (Phi) is 4.80. The number of fused-ring (bicyclic) bond motifs is 1. The van der Waals surface area contributed by atoms with Gasteiger partial charge in [-0.25, -0.2) is 9.67 Å². The van der Waals surface area contributed by atoms with Crippen molar-refractivity contribution in [3.8, 4) is 16.9 Å². The number of hydrogen-bond donors (Lipinski definition) is 2. The zero-order chi connectivity index (χ0) is 20.5. The Morgan fingerprint density at radius 1 is 1.13 bits per heavy atom. The maximum Gasteiger partial charge on any atom is 0.225 e. The predicted molar refractivity (Wildman–Crippen MR) is 119 cm³/mol. The second kappa shape index (κ2) is 7.76. The molecule has 1 atom stereocenters. The van der Waals surface area contributed by atoms with Crippen LogP contribution in [-0.2, 0) is 4.74 Å². The normalized spacial score (nSPS) is 16.2. The van der Waals surface area contributed by atoms with Crippen LogP contribution in [0, 0.1) is 6.92 Å². The summed E-state index contributed by atoms with van der Waals surface area (Å²) in [5, 5.41) is 8.80. The van der Waals surface area contributed by atoms with Crippen molar-refractivity contribution < 1.29 is 4.74 Å². The van der Waals surface area contributed by atoms with Gasteiger partial charge in [-0.2, -0.15) is 4.98 Å². The van der Waals surface area contributed by atoms with Crippen LogP contribution in [0.25, 0.3) is 28.0 Å². The molecule has 4 aromatic rings. The Hall–Kier alpha value is -3.45. The van der Waals surface area contributed by atoms with E-state index in [0.29, 0.717) is 24.0 Å². The van der Waals surface area contributed by atoms with Crippen molar-refractivity contribution in [3.63, 3.8) is 0 Å². The SMILES string of the molecule is Cc1cccc(-n2nc3nc(NCC4CCCO4)nc(-c4ccccc4)c3c2N)c1. The summed E-state index contributed by atoms with van der Waals surface area (Å²) < 4.78 is 7.45. The molecule has 1 unspecified atom stereocenters. The number of benzene rings is 2. The van der Waals surface area contributed by atoms with Gasteiger partial charge in [0, 0.05) is 18.7 Å². The van der Waals surface area contributed by atoms with Crippen LogP contribution in [0.1, 0.15) is 18.4 Å². The van der Waals surface area contributed by atoms with Crippen LogP contribution in [0.2, 0.25) is 0 Å². The standard InChI is InChI=1S/C23H24N6O/c1-15-7-5-10-17(13-15)29-21(24)19-20(16-8-3-2-4-9-16)26-23(27-22(19)28-29)25-14-18-11-6-12-30-18/h2-5,7-10,13,18H,6,11-12,14,24H2,1H3,(H,25,27,28). The van der Waals surface area contributed by atoms with E-state index in [2.05, 4.69) is 16.4 Å². The molecule has 1 fully saturated rings. The zero-order valence-electron chi connectivity index (χ0n) is 16.9. The number of aryl methyl sites for hydroxylation is 1. The number of anilines is 2. The van der Waals surface area contributed by atoms with Gasteiger partial charge in [-0.05, 0) is 37.5 Å². The molecular formula is C23H24N6O. The van der Waals surface area contributed by atoms with Crippen LogP contribution < -0.4 is 11.1 Å². The lowest BCUT2D eigenvalue weighted by Crippen LogP contribution is -2.19. The van der Waals surface area contributed by atoms with Crippen LogP contribution in [0.3, 0.4) is 0 Å². The fourth-order valence-corrected chi connectivity index (χ4v) is 3.86. The largest absolute Gasteiger partial charge is 0.383 e. The van der Waals surface area contributed by atoms with Crippen molar-refractivity contribution in [1.29, 1.82) is 0 Å². The molecule has 0 spiro atoms. The maximum absolute atomic E-state index is 6.56. The predicted octanol–water partition coefficient (Wildman–Crippen LogP) is 3.96. The number of nitrogens with two attached hydrogens (primary N) is 1. The van der Waals surface area contributed by atoms with Crippen molar-refractivity contribution in [1.82, 2.24) is 19.7 Å². The lowest BCUT2D eigenvalue weighted by Gasteiger charge is -2.12. The molecule has 30 heavy (non-hydrogen) atoms. The minimum Gasteiger partial charge on any atom is -0.383 e. The van der Waals surface area contributed by atoms with Crippen LogP contribution in [0.4, 0.5) is 11.8 Å². The first kappa shape index (κ1) is 18.6. The van der Waals surface area contributed by atoms with Gasteiger partial charge >= 0.3 is 0 Å². The fourth-order valence-electron chi connectivity index (χ4n) is 3.86. The van der Waals surface area contributed by atoms with E-state index < -0.39 is 0 Å². The number of rotatable bonds is 5. The Morgan fingerprint density at radius 2 is 2.00 bits per heavy atom. The Labute approximate surface area is 174 Å². The van der Waals surface area contributed by atoms with Crippen molar-refractivity contribution in [2.24, 2.45) is 0 Å². The summed E-state index contributed by atoms with van der Waals surface area (Å²) in [5.41, 5.74) is 10.9. The highest BCUT2D eigenvalue weighted by Gasteiger charge is 2.20. The second-order valence-corrected chi connectivity index (χ2v) is 7.61. The van der Waals surface area contributed by atoms with Gasteiger partial charge in [0.25, 0.3) is 0 Å². The number of nitrogen functional groups attached to an aromatic ring is 1. The van der Waals surface area contributed by atoms with E-state index in [4.69, 9.17) is 20.6 Å². The summed E-state index contributed by atoms with van der Waals surface area (Å²) >= 11 is 0. The number of ether oxygens (including phenoxy) is 1. The summed E-state index contributed by atoms with van der Waals surface area (Å²) in [7, 11) is 0. The second-order valence-electron chi connectivity index (χ2n) is 7.61. The summed E-state index contributed by atoms with van der Waals surface area (Å²) in [6.07, 6.45) is 2.34. The quantitative estimate of drug-likeness (QED) is 0.527. The summed E-state index contributed by atoms with van der Waals surface area (Å²) in [6, 6.07) is 18.1. The van der Waals surface area contributed by atoms with Crippen molar-refractivity contribution in [2.75, 3.05) is 24.2 Å². The highest BCUT2D eigenvalue weighted by Crippen LogP contribution is 2.32. The monoisotopic (exact) mass is 400 g/mol. The molecule has 0 bridgehead atoms. The number of hydrogen-bond acceptors (Lipinski definition) is 6. The van der Waals surface area contributed by atoms with Crippen LogP contribution in [0.5, 0.6) is 0 Å². The van der Waals surface area contributed by atoms with Gasteiger partial charge in [-0.3, -0.25) is 0 Å². The Bertz CT molecular complexity index is 1180. The van der Waals surface area contributed by atoms with E-state index in [0.717, 1.165) is 47.3 Å². The first-order chi connectivity index (χ1) is 14.7. The third-order valence-electron chi connectivity index (χ3n) is 5.37. The number of nitrogens with zero attached hydrogens (tertiary/aromatic N) is 4. The van der Waals surface area contributed by atoms with Crippen molar-refractivity contribution >= 4 is 22.8 Å². The highest BCUT2D eigenvalue weighted by atomic mass is 16.5. The van der Waals surface area contributed by atoms with Gasteiger partial charge in [0.15, 0.2) is 5.65 Å². The molecule has 3 N–H and O–H groups in total. The lowest BCUT2D eigenvalue weighted by atomic mass is 10.1. The molecule has 2 aromatic carbocycles. The summed E-state index contributed by atoms with van der Waals surface area (Å²) in [6.45, 7) is 3.54. The van der Waals surface area contributed by atoms with E-state index >= 15 is 0 Å². The van der Waals surface area contributed by atoms with Gasteiger partial charge in [-0.1, -0.05) is 42.5 Å². The minimum absolute atomic E-state index is 0.194. The molecule has 7 heteroatoms. The summed E-state index contributed by atoms with van der Waals surface area (Å²) in [4.78, 5) is 9.47. The maximum atomic E-state index is 6.56. The molecule has 5 rings (SSSR count). The van der Waals surface area contributed by atoms with Crippen molar-refractivity contribution in [2.45, 2.75) is 25.9 Å². The molecule has 7 nitrogen and oxygen atoms in total. The summed E-state index contributed by atoms with van der Waals surface area (Å²) in [5.74, 6) is 1.06. The van der Waals surface area contributed by atoms with Gasteiger partial charge in [0.1, 0.15) is 5.82 Å². The lowest BCUT2D eigenvalue weighted by molar-refractivity contribution is 0.120. The van der Waals surface area contributed by atoms with Gasteiger partial charge < -0.3 is 15.8 Å². The highest BCUT2D eigenvalue weighted by molar-refractivity contribution is 5.99. The first-order valence-electron chi connectivity index (χ1n) is 10.2. The fraction of sp³-hybridized carbons (Fsp3) is 0.261. The molecule has 2 aromatic heterocycles. The van der Waals surface area contributed by atoms with E-state index in [9.17, 15) is 0 Å². The van der Waals surface area contributed by atoms with E-state index in [1.54, 1.807) is 4.68 Å². The molecule has 1 aliphatic heterocycles. The smallest absolute Gasteiger partial charge is 0.225 e. The minimum atomic E-state index is 0.194. The third kappa shape index (κ3) is 3.48. The van der Waals surface area contributed by atoms with Crippen LogP contribution in [0.15, 0.2) is 54.6 Å². The molecular weight excluding hydrogens is 376 g/mol. The zero-order valence-corrected chi connectivity index (χ0v) is 16.9. The van der Waals surface area contributed by atoms with Crippen molar-refractivity contribution in [3.05, 3.63) is 60.2 Å². The molecule has 0 radical (unpaired) electrons. The number of nitrogens with one attached hydrogen (secondary N) is 1. The van der Waals surface area contributed by atoms with Gasteiger partial charge in [0.2, 0.25) is 5.95 Å². The third-order valence-corrected chi connectivity index (χ3v) is 5.37.